The lowest BCUT2D eigenvalue weighted by Crippen LogP contribution is -2.73. The summed E-state index contributed by atoms with van der Waals surface area (Å²) in [4.78, 5) is 13.1. The zero-order chi connectivity index (χ0) is 32.5. The molecule has 5 aliphatic heterocycles. The van der Waals surface area contributed by atoms with Gasteiger partial charge in [0.2, 0.25) is 0 Å². The maximum Gasteiger partial charge on any atom is 0.0247 e. The van der Waals surface area contributed by atoms with Gasteiger partial charge in [0, 0.05) is 86.1 Å². The molecule has 0 radical (unpaired) electrons. The molecular weight excluding hydrogens is 514 g/mol. The molecule has 0 aliphatic carbocycles. The van der Waals surface area contributed by atoms with Crippen molar-refractivity contribution in [1.82, 2.24) is 24.5 Å². The van der Waals surface area contributed by atoms with Gasteiger partial charge in [-0.2, -0.15) is 0 Å². The molecule has 0 aromatic carbocycles. The molecule has 3 unspecified atom stereocenters. The Morgan fingerprint density at radius 1 is 0.500 bits per heavy atom. The van der Waals surface area contributed by atoms with Gasteiger partial charge in [-0.15, -0.1) is 0 Å². The van der Waals surface area contributed by atoms with E-state index >= 15 is 0 Å². The Hall–Kier alpha value is -0.200. The second-order valence-corrected chi connectivity index (χ2v) is 19.3. The van der Waals surface area contributed by atoms with Gasteiger partial charge < -0.3 is 0 Å². The molecule has 0 spiro atoms. The fourth-order valence-corrected chi connectivity index (χ4v) is 7.50. The third-order valence-electron chi connectivity index (χ3n) is 10.5. The Bertz CT molecular complexity index is 738. The van der Waals surface area contributed by atoms with E-state index in [4.69, 9.17) is 0 Å². The first-order valence-corrected chi connectivity index (χ1v) is 17.6. The molecule has 5 fully saturated rings. The average molecular weight is 592 g/mol. The smallest absolute Gasteiger partial charge is 0.0247 e. The van der Waals surface area contributed by atoms with Crippen molar-refractivity contribution in [3.05, 3.63) is 0 Å². The molecule has 0 amide bonds. The number of likely N-dealkylation sites (tertiary alicyclic amines) is 1. The number of piperazine rings is 2. The predicted octanol–water partition coefficient (Wildman–Crippen LogP) is 7.70. The van der Waals surface area contributed by atoms with E-state index in [9.17, 15) is 0 Å². The van der Waals surface area contributed by atoms with Crippen LogP contribution in [0.3, 0.4) is 0 Å². The molecule has 0 saturated carbocycles. The first kappa shape index (κ1) is 38.0. The molecule has 42 heavy (non-hydrogen) atoms. The van der Waals surface area contributed by atoms with Crippen LogP contribution in [0, 0.1) is 11.3 Å². The lowest BCUT2D eigenvalue weighted by Gasteiger charge is -2.62. The van der Waals surface area contributed by atoms with E-state index in [1.54, 1.807) is 0 Å². The van der Waals surface area contributed by atoms with Gasteiger partial charge >= 0.3 is 0 Å². The van der Waals surface area contributed by atoms with E-state index in [1.807, 2.05) is 0 Å². The van der Waals surface area contributed by atoms with Crippen molar-refractivity contribution in [2.75, 3.05) is 52.4 Å². The van der Waals surface area contributed by atoms with E-state index in [0.29, 0.717) is 27.6 Å². The van der Waals surface area contributed by atoms with Crippen LogP contribution in [-0.4, -0.2) is 117 Å². The van der Waals surface area contributed by atoms with Crippen LogP contribution >= 0.6 is 0 Å². The number of hydrogen-bond acceptors (Lipinski definition) is 5. The average Bonchev–Trinajstić information content (AvgIpc) is 2.82. The summed E-state index contributed by atoms with van der Waals surface area (Å²) in [6, 6.07) is 2.38. The van der Waals surface area contributed by atoms with Gasteiger partial charge in [0.15, 0.2) is 0 Å². The summed E-state index contributed by atoms with van der Waals surface area (Å²) in [5.41, 5.74) is 1.87. The summed E-state index contributed by atoms with van der Waals surface area (Å²) >= 11 is 0. The highest BCUT2D eigenvalue weighted by Gasteiger charge is 2.49. The van der Waals surface area contributed by atoms with Crippen LogP contribution in [0.25, 0.3) is 0 Å². The van der Waals surface area contributed by atoms with Crippen LogP contribution in [0.15, 0.2) is 0 Å². The zero-order valence-electron chi connectivity index (χ0n) is 31.8. The van der Waals surface area contributed by atoms with Gasteiger partial charge in [0.25, 0.3) is 0 Å². The second kappa shape index (κ2) is 14.1. The lowest BCUT2D eigenvalue weighted by atomic mass is 9.75. The van der Waals surface area contributed by atoms with Crippen LogP contribution in [-0.2, 0) is 0 Å². The van der Waals surface area contributed by atoms with Gasteiger partial charge in [-0.25, -0.2) is 0 Å². The maximum absolute atomic E-state index is 2.71. The normalized spacial score (nSPS) is 28.0. The van der Waals surface area contributed by atoms with E-state index < -0.39 is 0 Å². The molecule has 5 saturated heterocycles. The number of rotatable bonds is 1. The van der Waals surface area contributed by atoms with Gasteiger partial charge in [0.1, 0.15) is 0 Å². The van der Waals surface area contributed by atoms with Crippen molar-refractivity contribution >= 4 is 0 Å². The molecule has 5 aliphatic rings. The number of hydrogen-bond donors (Lipinski definition) is 0. The Morgan fingerprint density at radius 3 is 1.21 bits per heavy atom. The van der Waals surface area contributed by atoms with E-state index in [1.165, 1.54) is 71.6 Å². The maximum atomic E-state index is 2.71. The molecule has 250 valence electrons. The predicted molar refractivity (Wildman–Crippen MR) is 187 cm³/mol. The van der Waals surface area contributed by atoms with Crippen molar-refractivity contribution in [3.63, 3.8) is 0 Å². The number of piperidine rings is 2. The first-order chi connectivity index (χ1) is 18.8. The molecule has 0 aromatic rings. The van der Waals surface area contributed by atoms with Gasteiger partial charge in [-0.3, -0.25) is 24.5 Å². The fourth-order valence-electron chi connectivity index (χ4n) is 7.50. The van der Waals surface area contributed by atoms with Crippen molar-refractivity contribution in [1.29, 1.82) is 0 Å². The highest BCUT2D eigenvalue weighted by molar-refractivity contribution is 5.05. The summed E-state index contributed by atoms with van der Waals surface area (Å²) in [6.07, 6.45) is 4.22. The molecule has 0 N–H and O–H groups in total. The molecule has 5 nitrogen and oxygen atoms in total. The number of nitrogens with zero attached hydrogens (tertiary/aromatic N) is 5. The summed E-state index contributed by atoms with van der Waals surface area (Å²) in [5, 5.41) is 0. The van der Waals surface area contributed by atoms with Crippen LogP contribution in [0.1, 0.15) is 137 Å². The minimum Gasteiger partial charge on any atom is -0.298 e. The SMILES string of the molecule is CC(C)(C)C1CCCN(C(C)(C)C)C1.CC(C)(C)N1CCN(C(C)(C)C)CC1.CC(C)N1CC2CC(C1)N2C(C)(C)C. The summed E-state index contributed by atoms with van der Waals surface area (Å²) in [5.74, 6) is 0.871. The largest absolute Gasteiger partial charge is 0.298 e. The molecule has 5 heterocycles. The Labute approximate surface area is 265 Å². The lowest BCUT2D eigenvalue weighted by molar-refractivity contribution is -0.125. The summed E-state index contributed by atoms with van der Waals surface area (Å²) in [7, 11) is 0. The molecule has 5 rings (SSSR count). The Balaban J connectivity index is 0.000000220. The Morgan fingerprint density at radius 2 is 0.905 bits per heavy atom. The molecule has 2 bridgehead atoms. The van der Waals surface area contributed by atoms with E-state index in [0.717, 1.165) is 24.0 Å². The third-order valence-corrected chi connectivity index (χ3v) is 10.5. The molecular formula is C37H77N5. The topological polar surface area (TPSA) is 16.2 Å². The second-order valence-electron chi connectivity index (χ2n) is 19.3. The van der Waals surface area contributed by atoms with Gasteiger partial charge in [-0.1, -0.05) is 20.8 Å². The molecule has 3 atom stereocenters. The minimum absolute atomic E-state index is 0.337. The van der Waals surface area contributed by atoms with Crippen LogP contribution in [0.5, 0.6) is 0 Å². The fraction of sp³-hybridized carbons (Fsp3) is 1.00. The zero-order valence-corrected chi connectivity index (χ0v) is 31.8. The highest BCUT2D eigenvalue weighted by atomic mass is 15.4. The van der Waals surface area contributed by atoms with Crippen LogP contribution < -0.4 is 0 Å². The quantitative estimate of drug-likeness (QED) is 0.310. The van der Waals surface area contributed by atoms with E-state index in [-0.39, 0.29) is 0 Å². The summed E-state index contributed by atoms with van der Waals surface area (Å²) in [6.45, 7) is 49.6. The van der Waals surface area contributed by atoms with Crippen molar-refractivity contribution in [3.8, 4) is 0 Å². The highest BCUT2D eigenvalue weighted by Crippen LogP contribution is 2.39. The van der Waals surface area contributed by atoms with Crippen LogP contribution in [0.4, 0.5) is 0 Å². The Kier molecular flexibility index (Phi) is 12.7. The van der Waals surface area contributed by atoms with Crippen molar-refractivity contribution < 1.29 is 0 Å². The third kappa shape index (κ3) is 11.0. The first-order valence-electron chi connectivity index (χ1n) is 17.6. The van der Waals surface area contributed by atoms with E-state index in [2.05, 4.69) is 142 Å². The monoisotopic (exact) mass is 592 g/mol. The number of fused-ring (bicyclic) bond motifs is 2. The minimum atomic E-state index is 0.337. The van der Waals surface area contributed by atoms with Gasteiger partial charge in [0.05, 0.1) is 0 Å². The van der Waals surface area contributed by atoms with Gasteiger partial charge in [-0.05, 0) is 134 Å². The molecule has 0 aromatic heterocycles. The van der Waals surface area contributed by atoms with Crippen molar-refractivity contribution in [2.45, 2.75) is 177 Å². The van der Waals surface area contributed by atoms with Crippen molar-refractivity contribution in [2.24, 2.45) is 11.3 Å². The molecule has 5 heteroatoms. The van der Waals surface area contributed by atoms with Crippen LogP contribution in [0.2, 0.25) is 0 Å². The summed E-state index contributed by atoms with van der Waals surface area (Å²) < 4.78 is 0. The standard InChI is InChI=1S/C13H27N.C12H24N2.C12H26N2/c1-12(2,3)11-8-7-9-14(10-11)13(4,5)6;1-9(2)13-7-10-6-11(8-13)14(10)12(3,4)5;1-11(2,3)13-7-9-14(10-8-13)12(4,5)6/h11H,7-10H2,1-6H3;9-11H,6-8H2,1-5H3;7-10H2,1-6H3.